The summed E-state index contributed by atoms with van der Waals surface area (Å²) in [5.74, 6) is 1.69. The van der Waals surface area contributed by atoms with Gasteiger partial charge >= 0.3 is 0 Å². The van der Waals surface area contributed by atoms with E-state index >= 15 is 0 Å². The third-order valence-electron chi connectivity index (χ3n) is 5.08. The van der Waals surface area contributed by atoms with E-state index in [1.807, 2.05) is 31.2 Å². The Kier molecular flexibility index (Phi) is 9.13. The standard InChI is InChI=1S/C26H33NO4/c1-4-16-28-21(3)29-17-7-9-22-11-13-23(14-12-22)30-18-15-25-26(31-19-27-25)24-10-6-5-8-20(24)2/h5-6,8,10-14,19,21H,4,7,9,15-18H2,1-3H3. The molecule has 3 rings (SSSR count). The first-order chi connectivity index (χ1) is 15.2. The molecule has 0 amide bonds. The summed E-state index contributed by atoms with van der Waals surface area (Å²) >= 11 is 0. The summed E-state index contributed by atoms with van der Waals surface area (Å²) in [5.41, 5.74) is 4.44. The van der Waals surface area contributed by atoms with Gasteiger partial charge in [0, 0.05) is 18.6 Å². The maximum atomic E-state index is 5.93. The number of hydrogen-bond acceptors (Lipinski definition) is 5. The highest BCUT2D eigenvalue weighted by molar-refractivity contribution is 5.63. The van der Waals surface area contributed by atoms with Crippen LogP contribution in [0.2, 0.25) is 0 Å². The van der Waals surface area contributed by atoms with E-state index in [9.17, 15) is 0 Å². The molecule has 0 aliphatic rings. The van der Waals surface area contributed by atoms with Crippen LogP contribution in [0, 0.1) is 6.92 Å². The lowest BCUT2D eigenvalue weighted by molar-refractivity contribution is -0.130. The minimum absolute atomic E-state index is 0.133. The van der Waals surface area contributed by atoms with Crippen LogP contribution < -0.4 is 4.74 Å². The van der Waals surface area contributed by atoms with Crippen LogP contribution in [0.25, 0.3) is 11.3 Å². The van der Waals surface area contributed by atoms with E-state index in [1.54, 1.807) is 0 Å². The lowest BCUT2D eigenvalue weighted by Crippen LogP contribution is -2.14. The predicted molar refractivity (Wildman–Crippen MR) is 122 cm³/mol. The highest BCUT2D eigenvalue weighted by Crippen LogP contribution is 2.26. The SMILES string of the molecule is CCCOC(C)OCCCc1ccc(OCCc2ncoc2-c2ccccc2C)cc1. The molecule has 0 N–H and O–H groups in total. The van der Waals surface area contributed by atoms with Gasteiger partial charge in [0.05, 0.1) is 18.9 Å². The van der Waals surface area contributed by atoms with Crippen molar-refractivity contribution in [3.8, 4) is 17.1 Å². The van der Waals surface area contributed by atoms with Gasteiger partial charge in [-0.15, -0.1) is 0 Å². The Labute approximate surface area is 185 Å². The van der Waals surface area contributed by atoms with Gasteiger partial charge in [-0.3, -0.25) is 0 Å². The number of ether oxygens (including phenoxy) is 3. The molecule has 2 aromatic carbocycles. The van der Waals surface area contributed by atoms with E-state index < -0.39 is 0 Å². The first-order valence-electron chi connectivity index (χ1n) is 11.1. The first-order valence-corrected chi connectivity index (χ1v) is 11.1. The smallest absolute Gasteiger partial charge is 0.181 e. The Morgan fingerprint density at radius 3 is 2.48 bits per heavy atom. The summed E-state index contributed by atoms with van der Waals surface area (Å²) in [6.45, 7) is 8.11. The number of rotatable bonds is 13. The fourth-order valence-electron chi connectivity index (χ4n) is 3.37. The minimum Gasteiger partial charge on any atom is -0.493 e. The Bertz CT molecular complexity index is 904. The van der Waals surface area contributed by atoms with Crippen LogP contribution in [-0.4, -0.2) is 31.1 Å². The zero-order chi connectivity index (χ0) is 21.9. The van der Waals surface area contributed by atoms with Crippen molar-refractivity contribution in [3.63, 3.8) is 0 Å². The van der Waals surface area contributed by atoms with Crippen molar-refractivity contribution in [1.29, 1.82) is 0 Å². The van der Waals surface area contributed by atoms with Crippen molar-refractivity contribution in [1.82, 2.24) is 4.98 Å². The van der Waals surface area contributed by atoms with Gasteiger partial charge in [0.25, 0.3) is 0 Å². The second kappa shape index (κ2) is 12.3. The summed E-state index contributed by atoms with van der Waals surface area (Å²) in [6.07, 6.45) is 5.01. The number of aromatic nitrogens is 1. The second-order valence-electron chi connectivity index (χ2n) is 7.60. The van der Waals surface area contributed by atoms with E-state index in [0.29, 0.717) is 19.6 Å². The summed E-state index contributed by atoms with van der Waals surface area (Å²) in [6, 6.07) is 16.4. The van der Waals surface area contributed by atoms with E-state index in [4.69, 9.17) is 18.6 Å². The van der Waals surface area contributed by atoms with Gasteiger partial charge in [0.1, 0.15) is 5.75 Å². The summed E-state index contributed by atoms with van der Waals surface area (Å²) in [5, 5.41) is 0. The van der Waals surface area contributed by atoms with E-state index in [-0.39, 0.29) is 6.29 Å². The maximum Gasteiger partial charge on any atom is 0.181 e. The van der Waals surface area contributed by atoms with Gasteiger partial charge in [0.15, 0.2) is 18.4 Å². The van der Waals surface area contributed by atoms with Crippen LogP contribution in [0.15, 0.2) is 59.3 Å². The van der Waals surface area contributed by atoms with Crippen molar-refractivity contribution in [2.45, 2.75) is 52.7 Å². The topological polar surface area (TPSA) is 53.7 Å². The van der Waals surface area contributed by atoms with Crippen LogP contribution in [0.1, 0.15) is 43.5 Å². The molecule has 1 atom stereocenters. The summed E-state index contributed by atoms with van der Waals surface area (Å²) < 4.78 is 22.8. The van der Waals surface area contributed by atoms with Gasteiger partial charge in [-0.1, -0.05) is 43.3 Å². The average Bonchev–Trinajstić information content (AvgIpc) is 3.25. The fraction of sp³-hybridized carbons (Fsp3) is 0.423. The third-order valence-corrected chi connectivity index (χ3v) is 5.08. The molecular weight excluding hydrogens is 390 g/mol. The molecule has 3 aromatic rings. The molecule has 0 bridgehead atoms. The second-order valence-corrected chi connectivity index (χ2v) is 7.60. The van der Waals surface area contributed by atoms with Gasteiger partial charge < -0.3 is 18.6 Å². The molecule has 0 radical (unpaired) electrons. The molecule has 5 nitrogen and oxygen atoms in total. The Balaban J connectivity index is 1.41. The number of hydrogen-bond donors (Lipinski definition) is 0. The lowest BCUT2D eigenvalue weighted by Gasteiger charge is -2.13. The molecule has 31 heavy (non-hydrogen) atoms. The molecular formula is C26H33NO4. The van der Waals surface area contributed by atoms with Crippen molar-refractivity contribution in [3.05, 3.63) is 71.7 Å². The number of benzene rings is 2. The van der Waals surface area contributed by atoms with Crippen molar-refractivity contribution >= 4 is 0 Å². The van der Waals surface area contributed by atoms with E-state index in [0.717, 1.165) is 48.6 Å². The summed E-state index contributed by atoms with van der Waals surface area (Å²) in [4.78, 5) is 4.38. The largest absolute Gasteiger partial charge is 0.493 e. The Hall–Kier alpha value is -2.63. The van der Waals surface area contributed by atoms with Crippen molar-refractivity contribution < 1.29 is 18.6 Å². The molecule has 166 valence electrons. The van der Waals surface area contributed by atoms with Gasteiger partial charge in [0.2, 0.25) is 0 Å². The van der Waals surface area contributed by atoms with Crippen molar-refractivity contribution in [2.24, 2.45) is 0 Å². The van der Waals surface area contributed by atoms with Gasteiger partial charge in [-0.2, -0.15) is 0 Å². The van der Waals surface area contributed by atoms with Crippen LogP contribution in [0.4, 0.5) is 0 Å². The average molecular weight is 424 g/mol. The van der Waals surface area contributed by atoms with Gasteiger partial charge in [-0.25, -0.2) is 4.98 Å². The van der Waals surface area contributed by atoms with Crippen LogP contribution in [0.5, 0.6) is 5.75 Å². The van der Waals surface area contributed by atoms with Crippen LogP contribution in [-0.2, 0) is 22.3 Å². The van der Waals surface area contributed by atoms with Crippen LogP contribution in [0.3, 0.4) is 0 Å². The number of aryl methyl sites for hydroxylation is 2. The first kappa shape index (κ1) is 23.0. The molecule has 1 unspecified atom stereocenters. The third kappa shape index (κ3) is 7.23. The number of oxazole rings is 1. The molecule has 0 aliphatic carbocycles. The molecule has 5 heteroatoms. The molecule has 0 saturated carbocycles. The zero-order valence-electron chi connectivity index (χ0n) is 18.8. The van der Waals surface area contributed by atoms with Gasteiger partial charge in [-0.05, 0) is 56.4 Å². The van der Waals surface area contributed by atoms with E-state index in [1.165, 1.54) is 17.5 Å². The zero-order valence-corrected chi connectivity index (χ0v) is 18.8. The molecule has 0 spiro atoms. The van der Waals surface area contributed by atoms with E-state index in [2.05, 4.69) is 43.1 Å². The highest BCUT2D eigenvalue weighted by atomic mass is 16.7. The summed E-state index contributed by atoms with van der Waals surface area (Å²) in [7, 11) is 0. The maximum absolute atomic E-state index is 5.93. The molecule has 0 aliphatic heterocycles. The lowest BCUT2D eigenvalue weighted by atomic mass is 10.0. The number of nitrogens with zero attached hydrogens (tertiary/aromatic N) is 1. The highest BCUT2D eigenvalue weighted by Gasteiger charge is 2.12. The minimum atomic E-state index is -0.133. The normalized spacial score (nSPS) is 12.1. The Morgan fingerprint density at radius 2 is 1.71 bits per heavy atom. The molecule has 0 saturated heterocycles. The molecule has 1 heterocycles. The predicted octanol–water partition coefficient (Wildman–Crippen LogP) is 5.99. The Morgan fingerprint density at radius 1 is 0.935 bits per heavy atom. The molecule has 1 aromatic heterocycles. The monoisotopic (exact) mass is 423 g/mol. The fourth-order valence-corrected chi connectivity index (χ4v) is 3.37. The van der Waals surface area contributed by atoms with Crippen LogP contribution >= 0.6 is 0 Å². The van der Waals surface area contributed by atoms with Crippen molar-refractivity contribution in [2.75, 3.05) is 19.8 Å². The quantitative estimate of drug-likeness (QED) is 0.249. The molecule has 0 fully saturated rings.